The largest absolute Gasteiger partial charge is 0.479 e. The van der Waals surface area contributed by atoms with Crippen molar-refractivity contribution < 1.29 is 9.53 Å². The number of aromatic nitrogens is 5. The van der Waals surface area contributed by atoms with E-state index < -0.39 is 0 Å². The number of aryl methyl sites for hydroxylation is 1. The smallest absolute Gasteiger partial charge is 0.258 e. The number of nitrogens with zero attached hydrogens (tertiary/aromatic N) is 6. The summed E-state index contributed by atoms with van der Waals surface area (Å²) in [5, 5.41) is 6.46. The maximum Gasteiger partial charge on any atom is 0.258 e. The predicted molar refractivity (Wildman–Crippen MR) is 126 cm³/mol. The van der Waals surface area contributed by atoms with E-state index in [2.05, 4.69) is 49.3 Å². The normalized spacial score (nSPS) is 18.6. The van der Waals surface area contributed by atoms with Gasteiger partial charge in [-0.25, -0.2) is 4.98 Å². The fraction of sp³-hybridized carbons (Fsp3) is 0.348. The summed E-state index contributed by atoms with van der Waals surface area (Å²) in [7, 11) is 1.51. The van der Waals surface area contributed by atoms with Crippen LogP contribution < -0.4 is 20.3 Å². The zero-order chi connectivity index (χ0) is 23.1. The van der Waals surface area contributed by atoms with Gasteiger partial charge in [0.05, 0.1) is 24.1 Å². The molecule has 1 aliphatic rings. The van der Waals surface area contributed by atoms with Crippen LogP contribution in [0.5, 0.6) is 5.88 Å². The lowest BCUT2D eigenvalue weighted by Gasteiger charge is -2.38. The van der Waals surface area contributed by atoms with Gasteiger partial charge in [0.25, 0.3) is 5.91 Å². The van der Waals surface area contributed by atoms with Crippen LogP contribution in [0.15, 0.2) is 36.9 Å². The van der Waals surface area contributed by atoms with Crippen LogP contribution in [0.25, 0.3) is 16.8 Å². The molecule has 2 N–H and O–H groups in total. The summed E-state index contributed by atoms with van der Waals surface area (Å²) in [6.45, 7) is 7.92. The molecule has 0 saturated carbocycles. The molecule has 0 radical (unpaired) electrons. The van der Waals surface area contributed by atoms with Crippen molar-refractivity contribution in [1.82, 2.24) is 29.7 Å². The molecule has 1 fully saturated rings. The summed E-state index contributed by atoms with van der Waals surface area (Å²) in [5.41, 5.74) is 3.93. The van der Waals surface area contributed by atoms with E-state index in [-0.39, 0.29) is 11.8 Å². The number of nitrogens with one attached hydrogen (secondary N) is 2. The average molecular weight is 447 g/mol. The molecule has 4 heterocycles. The number of benzene rings is 1. The van der Waals surface area contributed by atoms with E-state index in [1.807, 2.05) is 19.2 Å². The number of carbonyl (C=O) groups excluding carboxylic acids is 1. The Hall–Kier alpha value is -3.79. The minimum absolute atomic E-state index is 0.289. The van der Waals surface area contributed by atoms with Crippen LogP contribution >= 0.6 is 0 Å². The number of carbonyl (C=O) groups is 1. The van der Waals surface area contributed by atoms with Gasteiger partial charge in [-0.3, -0.25) is 19.2 Å². The maximum absolute atomic E-state index is 13.3. The molecule has 5 rings (SSSR count). The van der Waals surface area contributed by atoms with E-state index in [9.17, 15) is 4.79 Å². The van der Waals surface area contributed by atoms with Crippen molar-refractivity contribution in [3.05, 3.63) is 48.2 Å². The number of hydrogen-bond acceptors (Lipinski definition) is 8. The van der Waals surface area contributed by atoms with Gasteiger partial charge in [0.15, 0.2) is 0 Å². The van der Waals surface area contributed by atoms with Crippen molar-refractivity contribution in [1.29, 1.82) is 0 Å². The third kappa shape index (κ3) is 3.93. The summed E-state index contributed by atoms with van der Waals surface area (Å²) >= 11 is 0. The number of piperazine rings is 1. The van der Waals surface area contributed by atoms with Crippen molar-refractivity contribution >= 4 is 34.1 Å². The SMILES string of the molecule is COc1nc2nc(C)cn2cc1NC(=O)c1ccc(N2C[C@@H](C)N[C@@H](C)C2)c2nccnc12. The minimum atomic E-state index is -0.314. The summed E-state index contributed by atoms with van der Waals surface area (Å²) in [6, 6.07) is 4.46. The van der Waals surface area contributed by atoms with Crippen molar-refractivity contribution in [3.63, 3.8) is 0 Å². The maximum atomic E-state index is 13.3. The Morgan fingerprint density at radius 3 is 2.55 bits per heavy atom. The molecule has 0 bridgehead atoms. The predicted octanol–water partition coefficient (Wildman–Crippen LogP) is 2.43. The van der Waals surface area contributed by atoms with Gasteiger partial charge in [0.2, 0.25) is 11.7 Å². The van der Waals surface area contributed by atoms with E-state index in [1.54, 1.807) is 29.1 Å². The van der Waals surface area contributed by atoms with Gasteiger partial charge < -0.3 is 20.3 Å². The third-order valence-corrected chi connectivity index (χ3v) is 5.72. The van der Waals surface area contributed by atoms with E-state index in [4.69, 9.17) is 4.74 Å². The molecule has 1 saturated heterocycles. The first-order valence-electron chi connectivity index (χ1n) is 10.9. The summed E-state index contributed by atoms with van der Waals surface area (Å²) in [4.78, 5) is 33.4. The lowest BCUT2D eigenvalue weighted by molar-refractivity contribution is 0.102. The molecule has 0 unspecified atom stereocenters. The van der Waals surface area contributed by atoms with Crippen LogP contribution in [0.1, 0.15) is 29.9 Å². The Balaban J connectivity index is 1.52. The van der Waals surface area contributed by atoms with Gasteiger partial charge in [-0.15, -0.1) is 0 Å². The molecule has 0 spiro atoms. The molecule has 3 aromatic heterocycles. The van der Waals surface area contributed by atoms with Gasteiger partial charge in [-0.1, -0.05) is 0 Å². The molecule has 33 heavy (non-hydrogen) atoms. The highest BCUT2D eigenvalue weighted by atomic mass is 16.5. The molecule has 1 aromatic carbocycles. The standard InChI is InChI=1S/C23H26N8O2/c1-13-9-30(10-14(2)26-13)18-6-5-16(19-20(18)25-8-7-24-19)21(32)28-17-12-31-11-15(3)27-23(31)29-22(17)33-4/h5-8,11-14,26H,9-10H2,1-4H3,(H,28,32)/t13-,14+. The van der Waals surface area contributed by atoms with Crippen LogP contribution in [-0.2, 0) is 0 Å². The second kappa shape index (κ2) is 8.28. The Labute approximate surface area is 191 Å². The topological polar surface area (TPSA) is 110 Å². The lowest BCUT2D eigenvalue weighted by atomic mass is 10.1. The molecular formula is C23H26N8O2. The van der Waals surface area contributed by atoms with Crippen LogP contribution in [0.2, 0.25) is 0 Å². The molecule has 10 heteroatoms. The van der Waals surface area contributed by atoms with Crippen LogP contribution in [-0.4, -0.2) is 62.5 Å². The van der Waals surface area contributed by atoms with Crippen LogP contribution in [0, 0.1) is 6.92 Å². The average Bonchev–Trinajstić information content (AvgIpc) is 3.15. The number of methoxy groups -OCH3 is 1. The number of ether oxygens (including phenoxy) is 1. The highest BCUT2D eigenvalue weighted by Gasteiger charge is 2.25. The van der Waals surface area contributed by atoms with Crippen LogP contribution in [0.4, 0.5) is 11.4 Å². The third-order valence-electron chi connectivity index (χ3n) is 5.72. The van der Waals surface area contributed by atoms with Crippen molar-refractivity contribution in [2.45, 2.75) is 32.9 Å². The molecule has 1 amide bonds. The number of rotatable bonds is 4. The molecule has 170 valence electrons. The Kier molecular flexibility index (Phi) is 5.29. The van der Waals surface area contributed by atoms with E-state index in [0.717, 1.165) is 24.5 Å². The van der Waals surface area contributed by atoms with E-state index in [1.165, 1.54) is 7.11 Å². The number of amides is 1. The summed E-state index contributed by atoms with van der Waals surface area (Å²) < 4.78 is 7.14. The van der Waals surface area contributed by atoms with Crippen molar-refractivity contribution in [2.24, 2.45) is 0 Å². The minimum Gasteiger partial charge on any atom is -0.479 e. The Morgan fingerprint density at radius 2 is 1.82 bits per heavy atom. The molecule has 1 aliphatic heterocycles. The van der Waals surface area contributed by atoms with Crippen molar-refractivity contribution in [3.8, 4) is 5.88 Å². The number of fused-ring (bicyclic) bond motifs is 2. The first-order valence-corrected chi connectivity index (χ1v) is 10.9. The quantitative estimate of drug-likeness (QED) is 0.492. The van der Waals surface area contributed by atoms with Gasteiger partial charge in [-0.05, 0) is 32.9 Å². The fourth-order valence-electron chi connectivity index (χ4n) is 4.46. The summed E-state index contributed by atoms with van der Waals surface area (Å²) in [5.74, 6) is 0.477. The lowest BCUT2D eigenvalue weighted by Crippen LogP contribution is -2.54. The fourth-order valence-corrected chi connectivity index (χ4v) is 4.46. The highest BCUT2D eigenvalue weighted by molar-refractivity contribution is 6.13. The molecule has 2 atom stereocenters. The van der Waals surface area contributed by atoms with Crippen LogP contribution in [0.3, 0.4) is 0 Å². The van der Waals surface area contributed by atoms with Gasteiger partial charge in [0.1, 0.15) is 16.7 Å². The molecule has 4 aromatic rings. The first kappa shape index (κ1) is 21.1. The highest BCUT2D eigenvalue weighted by Crippen LogP contribution is 2.29. The zero-order valence-corrected chi connectivity index (χ0v) is 19.0. The van der Waals surface area contributed by atoms with E-state index in [0.29, 0.717) is 40.1 Å². The summed E-state index contributed by atoms with van der Waals surface area (Å²) in [6.07, 6.45) is 6.84. The number of imidazole rings is 1. The Bertz CT molecular complexity index is 1340. The van der Waals surface area contributed by atoms with Gasteiger partial charge in [0, 0.05) is 50.0 Å². The van der Waals surface area contributed by atoms with E-state index >= 15 is 0 Å². The molecule has 10 nitrogen and oxygen atoms in total. The monoisotopic (exact) mass is 446 g/mol. The number of anilines is 2. The molecule has 0 aliphatic carbocycles. The second-order valence-corrected chi connectivity index (χ2v) is 8.47. The van der Waals surface area contributed by atoms with Gasteiger partial charge in [-0.2, -0.15) is 4.98 Å². The van der Waals surface area contributed by atoms with Gasteiger partial charge >= 0.3 is 0 Å². The first-order chi connectivity index (χ1) is 15.9. The number of hydrogen-bond donors (Lipinski definition) is 2. The van der Waals surface area contributed by atoms with Crippen molar-refractivity contribution in [2.75, 3.05) is 30.4 Å². The zero-order valence-electron chi connectivity index (χ0n) is 19.0. The second-order valence-electron chi connectivity index (χ2n) is 8.47. The Morgan fingerprint density at radius 1 is 1.09 bits per heavy atom. The molecular weight excluding hydrogens is 420 g/mol.